The van der Waals surface area contributed by atoms with Gasteiger partial charge in [-0.1, -0.05) is 35.0 Å². The van der Waals surface area contributed by atoms with Crippen LogP contribution in [0.25, 0.3) is 11.3 Å². The molecule has 0 radical (unpaired) electrons. The number of hydrogen-bond donors (Lipinski definition) is 0. The molecule has 0 spiro atoms. The summed E-state index contributed by atoms with van der Waals surface area (Å²) in [6, 6.07) is 8.32. The zero-order valence-corrected chi connectivity index (χ0v) is 8.65. The molecule has 3 heteroatoms. The Balaban J connectivity index is 2.49. The number of aromatic nitrogens is 3. The van der Waals surface area contributed by atoms with Crippen molar-refractivity contribution in [2.24, 2.45) is 7.05 Å². The quantitative estimate of drug-likeness (QED) is 0.684. The molecule has 0 N–H and O–H groups in total. The van der Waals surface area contributed by atoms with Crippen LogP contribution in [-0.2, 0) is 7.05 Å². The molecule has 72 valence electrons. The van der Waals surface area contributed by atoms with Gasteiger partial charge >= 0.3 is 0 Å². The molecule has 1 aromatic carbocycles. The number of nitrogens with zero attached hydrogens (tertiary/aromatic N) is 3. The molecule has 0 aliphatic carbocycles. The Morgan fingerprint density at radius 1 is 1.07 bits per heavy atom. The largest absolute Gasteiger partial charge is 0.252 e. The molecule has 2 rings (SSSR count). The second-order valence-corrected chi connectivity index (χ2v) is 3.51. The molecule has 0 aliphatic heterocycles. The van der Waals surface area contributed by atoms with Crippen LogP contribution in [0.15, 0.2) is 24.3 Å². The van der Waals surface area contributed by atoms with E-state index in [1.165, 1.54) is 5.56 Å². The van der Waals surface area contributed by atoms with E-state index in [9.17, 15) is 0 Å². The van der Waals surface area contributed by atoms with Crippen molar-refractivity contribution in [1.29, 1.82) is 0 Å². The average molecular weight is 187 g/mol. The molecule has 0 unspecified atom stereocenters. The summed E-state index contributed by atoms with van der Waals surface area (Å²) in [4.78, 5) is 0. The first kappa shape index (κ1) is 8.94. The van der Waals surface area contributed by atoms with Gasteiger partial charge in [0.1, 0.15) is 5.69 Å². The smallest absolute Gasteiger partial charge is 0.115 e. The van der Waals surface area contributed by atoms with E-state index in [-0.39, 0.29) is 0 Å². The Labute approximate surface area is 83.4 Å². The molecule has 0 saturated carbocycles. The number of aryl methyl sites for hydroxylation is 2. The van der Waals surface area contributed by atoms with Crippen LogP contribution in [0, 0.1) is 13.8 Å². The Morgan fingerprint density at radius 2 is 1.71 bits per heavy atom. The first-order valence-electron chi connectivity index (χ1n) is 4.62. The standard InChI is InChI=1S/C11H13N3/c1-8-4-6-10(7-5-8)11-9(2)14(3)13-12-11/h4-7H,1-3H3. The van der Waals surface area contributed by atoms with Gasteiger partial charge in [-0.3, -0.25) is 4.68 Å². The number of hydrogen-bond acceptors (Lipinski definition) is 2. The van der Waals surface area contributed by atoms with Crippen LogP contribution in [0.5, 0.6) is 0 Å². The number of rotatable bonds is 1. The van der Waals surface area contributed by atoms with E-state index in [0.29, 0.717) is 0 Å². The van der Waals surface area contributed by atoms with Crippen LogP contribution in [0.3, 0.4) is 0 Å². The van der Waals surface area contributed by atoms with Crippen LogP contribution in [-0.4, -0.2) is 15.0 Å². The summed E-state index contributed by atoms with van der Waals surface area (Å²) in [5.41, 5.74) is 4.44. The summed E-state index contributed by atoms with van der Waals surface area (Å²) in [6.07, 6.45) is 0. The minimum atomic E-state index is 0.965. The molecule has 0 saturated heterocycles. The summed E-state index contributed by atoms with van der Waals surface area (Å²) >= 11 is 0. The summed E-state index contributed by atoms with van der Waals surface area (Å²) in [7, 11) is 1.90. The fraction of sp³-hybridized carbons (Fsp3) is 0.273. The molecular weight excluding hydrogens is 174 g/mol. The van der Waals surface area contributed by atoms with Gasteiger partial charge in [-0.15, -0.1) is 5.10 Å². The van der Waals surface area contributed by atoms with Crippen LogP contribution < -0.4 is 0 Å². The molecule has 14 heavy (non-hydrogen) atoms. The normalized spacial score (nSPS) is 10.5. The fourth-order valence-corrected chi connectivity index (χ4v) is 1.38. The highest BCUT2D eigenvalue weighted by atomic mass is 15.4. The van der Waals surface area contributed by atoms with Gasteiger partial charge in [0.2, 0.25) is 0 Å². The van der Waals surface area contributed by atoms with E-state index in [1.807, 2.05) is 14.0 Å². The zero-order chi connectivity index (χ0) is 10.1. The highest BCUT2D eigenvalue weighted by Crippen LogP contribution is 2.19. The van der Waals surface area contributed by atoms with Crippen molar-refractivity contribution in [2.45, 2.75) is 13.8 Å². The van der Waals surface area contributed by atoms with Gasteiger partial charge in [0.25, 0.3) is 0 Å². The summed E-state index contributed by atoms with van der Waals surface area (Å²) in [5, 5.41) is 8.11. The van der Waals surface area contributed by atoms with Gasteiger partial charge in [0.15, 0.2) is 0 Å². The van der Waals surface area contributed by atoms with Crippen molar-refractivity contribution in [3.63, 3.8) is 0 Å². The average Bonchev–Trinajstić information content (AvgIpc) is 2.50. The Kier molecular flexibility index (Phi) is 2.08. The second kappa shape index (κ2) is 3.25. The zero-order valence-electron chi connectivity index (χ0n) is 8.65. The molecule has 0 bridgehead atoms. The van der Waals surface area contributed by atoms with Gasteiger partial charge in [0, 0.05) is 12.6 Å². The van der Waals surface area contributed by atoms with Crippen LogP contribution in [0.4, 0.5) is 0 Å². The molecule has 0 amide bonds. The lowest BCUT2D eigenvalue weighted by Crippen LogP contribution is -1.92. The lowest BCUT2D eigenvalue weighted by Gasteiger charge is -1.99. The summed E-state index contributed by atoms with van der Waals surface area (Å²) in [6.45, 7) is 4.10. The van der Waals surface area contributed by atoms with Gasteiger partial charge in [0.05, 0.1) is 5.69 Å². The Morgan fingerprint density at radius 3 is 2.21 bits per heavy atom. The number of benzene rings is 1. The monoisotopic (exact) mass is 187 g/mol. The predicted molar refractivity (Wildman–Crippen MR) is 55.9 cm³/mol. The van der Waals surface area contributed by atoms with E-state index in [2.05, 4.69) is 41.5 Å². The topological polar surface area (TPSA) is 30.7 Å². The first-order valence-corrected chi connectivity index (χ1v) is 4.62. The molecule has 3 nitrogen and oxygen atoms in total. The third kappa shape index (κ3) is 1.41. The molecular formula is C11H13N3. The maximum atomic E-state index is 4.13. The minimum absolute atomic E-state index is 0.965. The van der Waals surface area contributed by atoms with E-state index in [0.717, 1.165) is 17.0 Å². The first-order chi connectivity index (χ1) is 6.68. The van der Waals surface area contributed by atoms with E-state index < -0.39 is 0 Å². The van der Waals surface area contributed by atoms with E-state index in [1.54, 1.807) is 4.68 Å². The fourth-order valence-electron chi connectivity index (χ4n) is 1.38. The third-order valence-electron chi connectivity index (χ3n) is 2.43. The van der Waals surface area contributed by atoms with Crippen molar-refractivity contribution >= 4 is 0 Å². The molecule has 0 fully saturated rings. The predicted octanol–water partition coefficient (Wildman–Crippen LogP) is 2.10. The highest BCUT2D eigenvalue weighted by molar-refractivity contribution is 5.61. The molecule has 0 aliphatic rings. The maximum Gasteiger partial charge on any atom is 0.115 e. The third-order valence-corrected chi connectivity index (χ3v) is 2.43. The maximum absolute atomic E-state index is 4.13. The van der Waals surface area contributed by atoms with Crippen molar-refractivity contribution < 1.29 is 0 Å². The van der Waals surface area contributed by atoms with Crippen LogP contribution in [0.2, 0.25) is 0 Å². The Bertz CT molecular complexity index is 440. The van der Waals surface area contributed by atoms with Gasteiger partial charge in [-0.2, -0.15) is 0 Å². The molecule has 0 atom stereocenters. The summed E-state index contributed by atoms with van der Waals surface area (Å²) < 4.78 is 1.79. The summed E-state index contributed by atoms with van der Waals surface area (Å²) in [5.74, 6) is 0. The molecule has 1 heterocycles. The minimum Gasteiger partial charge on any atom is -0.252 e. The second-order valence-electron chi connectivity index (χ2n) is 3.51. The lowest BCUT2D eigenvalue weighted by molar-refractivity contribution is 0.696. The molecule has 2 aromatic rings. The van der Waals surface area contributed by atoms with Crippen molar-refractivity contribution in [2.75, 3.05) is 0 Å². The van der Waals surface area contributed by atoms with Gasteiger partial charge in [-0.05, 0) is 13.8 Å². The van der Waals surface area contributed by atoms with Crippen LogP contribution >= 0.6 is 0 Å². The Hall–Kier alpha value is -1.64. The highest BCUT2D eigenvalue weighted by Gasteiger charge is 2.07. The van der Waals surface area contributed by atoms with Crippen LogP contribution in [0.1, 0.15) is 11.3 Å². The SMILES string of the molecule is Cc1ccc(-c2nnn(C)c2C)cc1. The van der Waals surface area contributed by atoms with Gasteiger partial charge < -0.3 is 0 Å². The van der Waals surface area contributed by atoms with Crippen molar-refractivity contribution in [1.82, 2.24) is 15.0 Å². The van der Waals surface area contributed by atoms with Gasteiger partial charge in [-0.25, -0.2) is 0 Å². The lowest BCUT2D eigenvalue weighted by atomic mass is 10.1. The molecule has 1 aromatic heterocycles. The van der Waals surface area contributed by atoms with E-state index in [4.69, 9.17) is 0 Å². The van der Waals surface area contributed by atoms with Crippen molar-refractivity contribution in [3.8, 4) is 11.3 Å². The van der Waals surface area contributed by atoms with Crippen molar-refractivity contribution in [3.05, 3.63) is 35.5 Å². The van der Waals surface area contributed by atoms with E-state index >= 15 is 0 Å².